The summed E-state index contributed by atoms with van der Waals surface area (Å²) in [5.41, 5.74) is 0. The van der Waals surface area contributed by atoms with Gasteiger partial charge in [0.25, 0.3) is 5.88 Å². The third kappa shape index (κ3) is 2.22. The quantitative estimate of drug-likeness (QED) is 0.819. The van der Waals surface area contributed by atoms with E-state index in [1.807, 2.05) is 0 Å². The lowest BCUT2D eigenvalue weighted by Crippen LogP contribution is -1.87. The van der Waals surface area contributed by atoms with Gasteiger partial charge in [-0.25, -0.2) is 9.37 Å². The Bertz CT molecular complexity index is 456. The first-order valence-corrected chi connectivity index (χ1v) is 4.33. The molecule has 1 aromatic carbocycles. The van der Waals surface area contributed by atoms with Crippen molar-refractivity contribution >= 4 is 0 Å². The number of aromatic hydroxyl groups is 1. The van der Waals surface area contributed by atoms with Crippen molar-refractivity contribution in [1.29, 1.82) is 0 Å². The Morgan fingerprint density at radius 1 is 1.13 bits per heavy atom. The number of rotatable bonds is 2. The molecule has 3 nitrogen and oxygen atoms in total. The number of pyridine rings is 1. The first kappa shape index (κ1) is 9.45. The van der Waals surface area contributed by atoms with Crippen LogP contribution in [0, 0.1) is 5.82 Å². The Morgan fingerprint density at radius 2 is 1.87 bits per heavy atom. The number of nitrogens with zero attached hydrogens (tertiary/aromatic N) is 1. The monoisotopic (exact) mass is 205 g/mol. The molecular weight excluding hydrogens is 197 g/mol. The van der Waals surface area contributed by atoms with Crippen molar-refractivity contribution in [1.82, 2.24) is 4.98 Å². The maximum atomic E-state index is 12.6. The number of benzene rings is 1. The number of aromatic nitrogens is 1. The van der Waals surface area contributed by atoms with Gasteiger partial charge in [0.1, 0.15) is 11.6 Å². The van der Waals surface area contributed by atoms with Crippen LogP contribution in [0.25, 0.3) is 0 Å². The lowest BCUT2D eigenvalue weighted by atomic mass is 10.3. The molecule has 0 radical (unpaired) electrons. The summed E-state index contributed by atoms with van der Waals surface area (Å²) >= 11 is 0. The maximum absolute atomic E-state index is 12.6. The van der Waals surface area contributed by atoms with Gasteiger partial charge in [0.2, 0.25) is 0 Å². The van der Waals surface area contributed by atoms with Crippen molar-refractivity contribution in [2.45, 2.75) is 0 Å². The molecule has 1 aromatic heterocycles. The van der Waals surface area contributed by atoms with Gasteiger partial charge in [0.05, 0.1) is 0 Å². The predicted octanol–water partition coefficient (Wildman–Crippen LogP) is 2.72. The van der Waals surface area contributed by atoms with Crippen LogP contribution in [0.1, 0.15) is 0 Å². The average Bonchev–Trinajstić information content (AvgIpc) is 2.25. The van der Waals surface area contributed by atoms with Gasteiger partial charge in [-0.15, -0.1) is 0 Å². The number of halogens is 1. The molecule has 0 saturated carbocycles. The Morgan fingerprint density at radius 3 is 2.53 bits per heavy atom. The molecule has 0 aliphatic carbocycles. The normalized spacial score (nSPS) is 9.93. The van der Waals surface area contributed by atoms with E-state index in [9.17, 15) is 9.50 Å². The summed E-state index contributed by atoms with van der Waals surface area (Å²) in [5, 5.41) is 9.36. The second kappa shape index (κ2) is 3.96. The highest BCUT2D eigenvalue weighted by Gasteiger charge is 2.03. The summed E-state index contributed by atoms with van der Waals surface area (Å²) < 4.78 is 17.8. The number of hydrogen-bond donors (Lipinski definition) is 1. The van der Waals surface area contributed by atoms with Crippen LogP contribution in [0.15, 0.2) is 42.6 Å². The van der Waals surface area contributed by atoms with Gasteiger partial charge in [-0.2, -0.15) is 0 Å². The van der Waals surface area contributed by atoms with Crippen LogP contribution < -0.4 is 4.74 Å². The maximum Gasteiger partial charge on any atom is 0.262 e. The second-order valence-corrected chi connectivity index (χ2v) is 2.88. The van der Waals surface area contributed by atoms with Crippen LogP contribution in [0.5, 0.6) is 17.4 Å². The van der Waals surface area contributed by atoms with Gasteiger partial charge in [-0.3, -0.25) is 0 Å². The topological polar surface area (TPSA) is 42.4 Å². The molecular formula is C11H8FNO2. The van der Waals surface area contributed by atoms with Crippen molar-refractivity contribution in [2.75, 3.05) is 0 Å². The van der Waals surface area contributed by atoms with Gasteiger partial charge in [0.15, 0.2) is 5.75 Å². The van der Waals surface area contributed by atoms with E-state index in [0.29, 0.717) is 5.75 Å². The van der Waals surface area contributed by atoms with Crippen molar-refractivity contribution in [3.05, 3.63) is 48.4 Å². The lowest BCUT2D eigenvalue weighted by molar-refractivity contribution is 0.397. The fourth-order valence-electron chi connectivity index (χ4n) is 1.08. The number of ether oxygens (including phenoxy) is 1. The van der Waals surface area contributed by atoms with E-state index in [0.717, 1.165) is 0 Å². The summed E-state index contributed by atoms with van der Waals surface area (Å²) in [6.45, 7) is 0. The van der Waals surface area contributed by atoms with E-state index >= 15 is 0 Å². The number of hydrogen-bond acceptors (Lipinski definition) is 3. The molecule has 4 heteroatoms. The fraction of sp³-hybridized carbons (Fsp3) is 0. The first-order chi connectivity index (χ1) is 7.25. The zero-order valence-electron chi connectivity index (χ0n) is 7.72. The van der Waals surface area contributed by atoms with Crippen molar-refractivity contribution in [2.24, 2.45) is 0 Å². The summed E-state index contributed by atoms with van der Waals surface area (Å²) in [5.74, 6) is 0.129. The molecule has 2 rings (SSSR count). The predicted molar refractivity (Wildman–Crippen MR) is 52.4 cm³/mol. The Hall–Kier alpha value is -2.10. The van der Waals surface area contributed by atoms with Gasteiger partial charge >= 0.3 is 0 Å². The van der Waals surface area contributed by atoms with Crippen molar-refractivity contribution in [3.8, 4) is 17.4 Å². The highest BCUT2D eigenvalue weighted by atomic mass is 19.1. The minimum atomic E-state index is -0.340. The summed E-state index contributed by atoms with van der Waals surface area (Å²) in [6.07, 6.45) is 1.50. The molecule has 0 atom stereocenters. The zero-order valence-corrected chi connectivity index (χ0v) is 7.72. The SMILES string of the molecule is Oc1cccnc1Oc1ccc(F)cc1. The van der Waals surface area contributed by atoms with Gasteiger partial charge in [0, 0.05) is 6.20 Å². The molecule has 0 aliphatic heterocycles. The fourth-order valence-corrected chi connectivity index (χ4v) is 1.08. The largest absolute Gasteiger partial charge is 0.503 e. The van der Waals surface area contributed by atoms with Crippen LogP contribution in [-0.4, -0.2) is 10.1 Å². The smallest absolute Gasteiger partial charge is 0.262 e. The van der Waals surface area contributed by atoms with E-state index in [1.165, 1.54) is 36.5 Å². The standard InChI is InChI=1S/C11H8FNO2/c12-8-3-5-9(6-4-8)15-11-10(14)2-1-7-13-11/h1-7,14H. The van der Waals surface area contributed by atoms with Crippen LogP contribution in [0.4, 0.5) is 4.39 Å². The van der Waals surface area contributed by atoms with Gasteiger partial charge in [-0.1, -0.05) is 0 Å². The van der Waals surface area contributed by atoms with E-state index < -0.39 is 0 Å². The molecule has 1 N–H and O–H groups in total. The van der Waals surface area contributed by atoms with E-state index in [-0.39, 0.29) is 17.4 Å². The molecule has 1 heterocycles. The molecule has 0 saturated heterocycles. The average molecular weight is 205 g/mol. The molecule has 0 amide bonds. The van der Waals surface area contributed by atoms with E-state index in [1.54, 1.807) is 6.07 Å². The van der Waals surface area contributed by atoms with E-state index in [4.69, 9.17) is 4.74 Å². The first-order valence-electron chi connectivity index (χ1n) is 4.33. The minimum Gasteiger partial charge on any atom is -0.503 e. The van der Waals surface area contributed by atoms with Crippen LogP contribution in [0.3, 0.4) is 0 Å². The summed E-state index contributed by atoms with van der Waals surface area (Å²) in [7, 11) is 0. The van der Waals surface area contributed by atoms with Gasteiger partial charge in [-0.05, 0) is 36.4 Å². The lowest BCUT2D eigenvalue weighted by Gasteiger charge is -2.05. The van der Waals surface area contributed by atoms with E-state index in [2.05, 4.69) is 4.98 Å². The molecule has 0 aliphatic rings. The third-order valence-electron chi connectivity index (χ3n) is 1.78. The molecule has 76 valence electrons. The molecule has 0 bridgehead atoms. The molecule has 0 unspecified atom stereocenters. The minimum absolute atomic E-state index is 0.0539. The Labute approximate surface area is 85.8 Å². The second-order valence-electron chi connectivity index (χ2n) is 2.88. The molecule has 2 aromatic rings. The summed E-state index contributed by atoms with van der Waals surface area (Å²) in [6, 6.07) is 8.52. The van der Waals surface area contributed by atoms with Crippen LogP contribution in [-0.2, 0) is 0 Å². The van der Waals surface area contributed by atoms with Crippen molar-refractivity contribution < 1.29 is 14.2 Å². The van der Waals surface area contributed by atoms with Crippen LogP contribution in [0.2, 0.25) is 0 Å². The molecule has 0 spiro atoms. The third-order valence-corrected chi connectivity index (χ3v) is 1.78. The molecule has 15 heavy (non-hydrogen) atoms. The highest BCUT2D eigenvalue weighted by Crippen LogP contribution is 2.27. The van der Waals surface area contributed by atoms with Crippen LogP contribution >= 0.6 is 0 Å². The zero-order chi connectivity index (χ0) is 10.7. The Balaban J connectivity index is 2.22. The Kier molecular flexibility index (Phi) is 2.49. The highest BCUT2D eigenvalue weighted by molar-refractivity contribution is 5.35. The van der Waals surface area contributed by atoms with Crippen molar-refractivity contribution in [3.63, 3.8) is 0 Å². The molecule has 0 fully saturated rings. The van der Waals surface area contributed by atoms with Gasteiger partial charge < -0.3 is 9.84 Å². The summed E-state index contributed by atoms with van der Waals surface area (Å²) in [4.78, 5) is 3.83.